The van der Waals surface area contributed by atoms with E-state index in [9.17, 15) is 4.79 Å². The minimum atomic E-state index is -0.0274. The molecule has 0 aromatic heterocycles. The van der Waals surface area contributed by atoms with E-state index in [1.165, 1.54) is 0 Å². The summed E-state index contributed by atoms with van der Waals surface area (Å²) >= 11 is 0. The molecule has 0 aliphatic rings. The van der Waals surface area contributed by atoms with Crippen molar-refractivity contribution < 1.29 is 19.0 Å². The maximum absolute atomic E-state index is 11.9. The lowest BCUT2D eigenvalue weighted by Crippen LogP contribution is -2.27. The van der Waals surface area contributed by atoms with Crippen LogP contribution in [0.4, 0.5) is 0 Å². The van der Waals surface area contributed by atoms with Crippen molar-refractivity contribution in [3.8, 4) is 17.2 Å². The Morgan fingerprint density at radius 1 is 1.05 bits per heavy atom. The van der Waals surface area contributed by atoms with E-state index in [0.29, 0.717) is 23.8 Å². The fourth-order valence-electron chi connectivity index (χ4n) is 1.98. The third-order valence-electron chi connectivity index (χ3n) is 3.01. The number of methoxy groups -OCH3 is 3. The van der Waals surface area contributed by atoms with Crippen molar-refractivity contribution in [3.63, 3.8) is 0 Å². The van der Waals surface area contributed by atoms with Gasteiger partial charge in [0.25, 0.3) is 0 Å². The number of benzene rings is 1. The van der Waals surface area contributed by atoms with Crippen molar-refractivity contribution >= 4 is 5.91 Å². The smallest absolute Gasteiger partial charge is 0.224 e. The topological polar surface area (TPSA) is 68.8 Å². The minimum Gasteiger partial charge on any atom is -0.493 e. The Hall–Kier alpha value is -1.95. The summed E-state index contributed by atoms with van der Waals surface area (Å²) in [6, 6.07) is 3.57. The van der Waals surface area contributed by atoms with Crippen LogP contribution in [0, 0.1) is 0 Å². The average Bonchev–Trinajstić information content (AvgIpc) is 2.50. The molecule has 1 amide bonds. The number of ether oxygens (including phenoxy) is 3. The molecule has 2 N–H and O–H groups in total. The molecule has 0 unspecified atom stereocenters. The van der Waals surface area contributed by atoms with E-state index in [1.54, 1.807) is 33.5 Å². The number of carbonyl (C=O) groups excluding carboxylic acids is 1. The first-order valence-electron chi connectivity index (χ1n) is 6.86. The van der Waals surface area contributed by atoms with E-state index in [-0.39, 0.29) is 12.3 Å². The molecule has 1 rings (SSSR count). The summed E-state index contributed by atoms with van der Waals surface area (Å²) in [5.41, 5.74) is 0.815. The first kappa shape index (κ1) is 17.1. The van der Waals surface area contributed by atoms with Crippen molar-refractivity contribution in [3.05, 3.63) is 17.7 Å². The highest BCUT2D eigenvalue weighted by Crippen LogP contribution is 2.38. The van der Waals surface area contributed by atoms with Gasteiger partial charge < -0.3 is 24.8 Å². The molecule has 21 heavy (non-hydrogen) atoms. The minimum absolute atomic E-state index is 0.0274. The summed E-state index contributed by atoms with van der Waals surface area (Å²) in [4.78, 5) is 11.9. The molecule has 0 aliphatic carbocycles. The number of rotatable bonds is 9. The first-order valence-corrected chi connectivity index (χ1v) is 6.86. The Kier molecular flexibility index (Phi) is 7.39. The number of hydrogen-bond acceptors (Lipinski definition) is 5. The second kappa shape index (κ2) is 9.07. The van der Waals surface area contributed by atoms with Gasteiger partial charge in [-0.05, 0) is 37.7 Å². The maximum atomic E-state index is 11.9. The van der Waals surface area contributed by atoms with Crippen LogP contribution < -0.4 is 24.8 Å². The summed E-state index contributed by atoms with van der Waals surface area (Å²) in [5.74, 6) is 1.60. The van der Waals surface area contributed by atoms with Crippen LogP contribution >= 0.6 is 0 Å². The molecule has 0 saturated heterocycles. The summed E-state index contributed by atoms with van der Waals surface area (Å²) < 4.78 is 15.8. The molecule has 0 radical (unpaired) electrons. The van der Waals surface area contributed by atoms with Gasteiger partial charge in [-0.1, -0.05) is 0 Å². The highest BCUT2D eigenvalue weighted by molar-refractivity contribution is 5.79. The van der Waals surface area contributed by atoms with Gasteiger partial charge in [-0.2, -0.15) is 0 Å². The number of carbonyl (C=O) groups is 1. The van der Waals surface area contributed by atoms with Gasteiger partial charge in [0.15, 0.2) is 11.5 Å². The molecule has 0 heterocycles. The zero-order valence-corrected chi connectivity index (χ0v) is 13.1. The molecule has 118 valence electrons. The van der Waals surface area contributed by atoms with Crippen LogP contribution in [0.25, 0.3) is 0 Å². The molecule has 6 nitrogen and oxygen atoms in total. The zero-order chi connectivity index (χ0) is 15.7. The third kappa shape index (κ3) is 5.15. The van der Waals surface area contributed by atoms with E-state index in [0.717, 1.165) is 18.5 Å². The fraction of sp³-hybridized carbons (Fsp3) is 0.533. The van der Waals surface area contributed by atoms with Crippen molar-refractivity contribution in [1.82, 2.24) is 10.6 Å². The number of amides is 1. The van der Waals surface area contributed by atoms with Gasteiger partial charge in [0.1, 0.15) is 0 Å². The molecule has 0 saturated carbocycles. The SMILES string of the molecule is CNCCCNC(=O)Cc1cc(OC)c(OC)c(OC)c1. The van der Waals surface area contributed by atoms with Crippen molar-refractivity contribution in [2.75, 3.05) is 41.5 Å². The van der Waals surface area contributed by atoms with Crippen LogP contribution in [0.3, 0.4) is 0 Å². The Bertz CT molecular complexity index is 438. The van der Waals surface area contributed by atoms with Gasteiger partial charge in [-0.15, -0.1) is 0 Å². The van der Waals surface area contributed by atoms with Gasteiger partial charge in [0.2, 0.25) is 11.7 Å². The Morgan fingerprint density at radius 3 is 2.14 bits per heavy atom. The highest BCUT2D eigenvalue weighted by Gasteiger charge is 2.14. The van der Waals surface area contributed by atoms with E-state index < -0.39 is 0 Å². The lowest BCUT2D eigenvalue weighted by molar-refractivity contribution is -0.120. The molecule has 1 aromatic rings. The lowest BCUT2D eigenvalue weighted by Gasteiger charge is -2.14. The van der Waals surface area contributed by atoms with E-state index >= 15 is 0 Å². The normalized spacial score (nSPS) is 10.1. The van der Waals surface area contributed by atoms with Crippen molar-refractivity contribution in [2.45, 2.75) is 12.8 Å². The van der Waals surface area contributed by atoms with Crippen LogP contribution in [-0.4, -0.2) is 47.4 Å². The van der Waals surface area contributed by atoms with Crippen LogP contribution in [0.2, 0.25) is 0 Å². The zero-order valence-electron chi connectivity index (χ0n) is 13.1. The summed E-state index contributed by atoms with van der Waals surface area (Å²) in [6.45, 7) is 1.54. The van der Waals surface area contributed by atoms with Crippen LogP contribution in [0.15, 0.2) is 12.1 Å². The quantitative estimate of drug-likeness (QED) is 0.665. The average molecular weight is 296 g/mol. The summed E-state index contributed by atoms with van der Waals surface area (Å²) in [6.07, 6.45) is 1.17. The highest BCUT2D eigenvalue weighted by atomic mass is 16.5. The summed E-state index contributed by atoms with van der Waals surface area (Å²) in [7, 11) is 6.55. The second-order valence-corrected chi connectivity index (χ2v) is 4.52. The van der Waals surface area contributed by atoms with E-state index in [4.69, 9.17) is 14.2 Å². The second-order valence-electron chi connectivity index (χ2n) is 4.52. The molecule has 0 spiro atoms. The monoisotopic (exact) mass is 296 g/mol. The largest absolute Gasteiger partial charge is 0.493 e. The number of hydrogen-bond donors (Lipinski definition) is 2. The Balaban J connectivity index is 2.72. The van der Waals surface area contributed by atoms with Crippen LogP contribution in [0.1, 0.15) is 12.0 Å². The molecule has 6 heteroatoms. The lowest BCUT2D eigenvalue weighted by atomic mass is 10.1. The maximum Gasteiger partial charge on any atom is 0.224 e. The Labute approximate surface area is 125 Å². The third-order valence-corrected chi connectivity index (χ3v) is 3.01. The molecule has 1 aromatic carbocycles. The van der Waals surface area contributed by atoms with Crippen molar-refractivity contribution in [2.24, 2.45) is 0 Å². The van der Waals surface area contributed by atoms with Gasteiger partial charge in [0.05, 0.1) is 27.8 Å². The molecule has 0 aliphatic heterocycles. The predicted octanol–water partition coefficient (Wildman–Crippen LogP) is 0.981. The van der Waals surface area contributed by atoms with Gasteiger partial charge in [-0.3, -0.25) is 4.79 Å². The molecular formula is C15H24N2O4. The summed E-state index contributed by atoms with van der Waals surface area (Å²) in [5, 5.41) is 5.91. The molecule has 0 bridgehead atoms. The Morgan fingerprint density at radius 2 is 1.67 bits per heavy atom. The van der Waals surface area contributed by atoms with Crippen LogP contribution in [0.5, 0.6) is 17.2 Å². The fourth-order valence-corrected chi connectivity index (χ4v) is 1.98. The van der Waals surface area contributed by atoms with E-state index in [1.807, 2.05) is 7.05 Å². The molecular weight excluding hydrogens is 272 g/mol. The van der Waals surface area contributed by atoms with Gasteiger partial charge >= 0.3 is 0 Å². The van der Waals surface area contributed by atoms with Gasteiger partial charge in [-0.25, -0.2) is 0 Å². The first-order chi connectivity index (χ1) is 10.2. The van der Waals surface area contributed by atoms with Gasteiger partial charge in [0, 0.05) is 6.54 Å². The number of nitrogens with one attached hydrogen (secondary N) is 2. The standard InChI is InChI=1S/C15H24N2O4/c1-16-6-5-7-17-14(18)10-11-8-12(19-2)15(21-4)13(9-11)20-3/h8-9,16H,5-7,10H2,1-4H3,(H,17,18). The predicted molar refractivity (Wildman–Crippen MR) is 81.4 cm³/mol. The van der Waals surface area contributed by atoms with E-state index in [2.05, 4.69) is 10.6 Å². The molecule has 0 atom stereocenters. The van der Waals surface area contributed by atoms with Crippen LogP contribution in [-0.2, 0) is 11.2 Å². The van der Waals surface area contributed by atoms with Crippen molar-refractivity contribution in [1.29, 1.82) is 0 Å². The molecule has 0 fully saturated rings.